The van der Waals surface area contributed by atoms with Gasteiger partial charge in [0.05, 0.1) is 10.6 Å². The Labute approximate surface area is 258 Å². The molecule has 0 spiro atoms. The zero-order chi connectivity index (χ0) is 31.1. The number of ether oxygens (including phenoxy) is 2. The largest absolute Gasteiger partial charge is 0.486 e. The second-order valence-electron chi connectivity index (χ2n) is 11.1. The molecule has 3 aromatic rings. The molecule has 1 fully saturated rings. The van der Waals surface area contributed by atoms with Gasteiger partial charge in [0.15, 0.2) is 11.5 Å². The van der Waals surface area contributed by atoms with Crippen LogP contribution in [0, 0.1) is 5.82 Å². The number of hydrogen-bond acceptors (Lipinski definition) is 6. The number of rotatable bonds is 11. The van der Waals surface area contributed by atoms with Gasteiger partial charge in [-0.15, -0.1) is 0 Å². The van der Waals surface area contributed by atoms with E-state index in [0.717, 1.165) is 54.1 Å². The maximum Gasteiger partial charge on any atom is 0.264 e. The van der Waals surface area contributed by atoms with Gasteiger partial charge in [-0.3, -0.25) is 13.9 Å². The first-order valence-corrected chi connectivity index (χ1v) is 16.5. The lowest BCUT2D eigenvalue weighted by Crippen LogP contribution is -2.53. The molecule has 3 aromatic carbocycles. The number of fused-ring (bicyclic) bond motifs is 1. The van der Waals surface area contributed by atoms with E-state index in [1.165, 1.54) is 35.2 Å². The monoisotopic (exact) mass is 623 g/mol. The van der Waals surface area contributed by atoms with Crippen LogP contribution in [0.4, 0.5) is 10.1 Å². The van der Waals surface area contributed by atoms with Gasteiger partial charge in [0, 0.05) is 18.7 Å². The van der Waals surface area contributed by atoms with E-state index in [1.54, 1.807) is 6.92 Å². The van der Waals surface area contributed by atoms with Crippen LogP contribution in [-0.4, -0.2) is 63.5 Å². The minimum absolute atomic E-state index is 0.0519. The van der Waals surface area contributed by atoms with Crippen LogP contribution in [0.1, 0.15) is 44.6 Å². The average molecular weight is 624 g/mol. The van der Waals surface area contributed by atoms with E-state index in [1.807, 2.05) is 30.3 Å². The Hall–Kier alpha value is -4.12. The molecule has 1 aliphatic heterocycles. The Bertz CT molecular complexity index is 1550. The van der Waals surface area contributed by atoms with Crippen LogP contribution < -0.4 is 19.1 Å². The number of anilines is 1. The normalized spacial score (nSPS) is 15.7. The zero-order valence-electron chi connectivity index (χ0n) is 24.8. The quantitative estimate of drug-likeness (QED) is 0.332. The van der Waals surface area contributed by atoms with Gasteiger partial charge in [0.25, 0.3) is 10.0 Å². The number of sulfonamides is 1. The molecule has 11 heteroatoms. The second-order valence-corrected chi connectivity index (χ2v) is 13.0. The highest BCUT2D eigenvalue weighted by atomic mass is 32.2. The van der Waals surface area contributed by atoms with Crippen molar-refractivity contribution in [2.45, 2.75) is 62.4 Å². The number of nitrogens with zero attached hydrogens (tertiary/aromatic N) is 2. The third-order valence-corrected chi connectivity index (χ3v) is 9.87. The van der Waals surface area contributed by atoms with Crippen molar-refractivity contribution in [1.82, 2.24) is 10.2 Å². The number of carbonyl (C=O) groups excluding carboxylic acids is 2. The SMILES string of the molecule is C[C@H](C(=O)NC1CCCCC1)N(CCc1ccccc1)C(=O)CN(c1ccc(F)cc1)S(=O)(=O)c1ccc2c(c1)OCCO2. The van der Waals surface area contributed by atoms with E-state index in [9.17, 15) is 22.4 Å². The Morgan fingerprint density at radius 2 is 1.61 bits per heavy atom. The van der Waals surface area contributed by atoms with E-state index in [2.05, 4.69) is 5.32 Å². The summed E-state index contributed by atoms with van der Waals surface area (Å²) in [5, 5.41) is 3.10. The van der Waals surface area contributed by atoms with E-state index < -0.39 is 34.3 Å². The van der Waals surface area contributed by atoms with Crippen molar-refractivity contribution < 1.29 is 31.9 Å². The standard InChI is InChI=1S/C33H38FN3O6S/c1-24(33(39)35-27-10-6-3-7-11-27)36(19-18-25-8-4-2-5-9-25)32(38)23-37(28-14-12-26(34)13-15-28)44(40,41)29-16-17-30-31(22-29)43-21-20-42-30/h2,4-5,8-9,12-17,22,24,27H,3,6-7,10-11,18-21,23H2,1H3,(H,35,39)/t24-/m1/s1. The van der Waals surface area contributed by atoms with Crippen LogP contribution in [0.3, 0.4) is 0 Å². The second kappa shape index (κ2) is 14.1. The van der Waals surface area contributed by atoms with Crippen LogP contribution in [0.25, 0.3) is 0 Å². The van der Waals surface area contributed by atoms with E-state index in [0.29, 0.717) is 18.8 Å². The van der Waals surface area contributed by atoms with Gasteiger partial charge in [-0.05, 0) is 68.1 Å². The molecule has 1 saturated carbocycles. The van der Waals surface area contributed by atoms with Crippen molar-refractivity contribution in [3.8, 4) is 11.5 Å². The molecule has 1 aliphatic carbocycles. The fourth-order valence-corrected chi connectivity index (χ4v) is 7.02. The third kappa shape index (κ3) is 7.50. The number of amides is 2. The van der Waals surface area contributed by atoms with Crippen LogP contribution in [0.15, 0.2) is 77.7 Å². The molecule has 1 atom stereocenters. The Kier molecular flexibility index (Phi) is 10.0. The molecule has 9 nitrogen and oxygen atoms in total. The predicted molar refractivity (Wildman–Crippen MR) is 165 cm³/mol. The summed E-state index contributed by atoms with van der Waals surface area (Å²) in [5.41, 5.74) is 1.08. The fourth-order valence-electron chi connectivity index (χ4n) is 5.59. The molecule has 0 radical (unpaired) electrons. The summed E-state index contributed by atoms with van der Waals surface area (Å²) < 4.78 is 54.1. The van der Waals surface area contributed by atoms with Crippen molar-refractivity contribution in [2.75, 3.05) is 30.6 Å². The van der Waals surface area contributed by atoms with Crippen LogP contribution in [0.5, 0.6) is 11.5 Å². The predicted octanol–water partition coefficient (Wildman–Crippen LogP) is 4.70. The maximum absolute atomic E-state index is 14.1. The zero-order valence-corrected chi connectivity index (χ0v) is 25.6. The van der Waals surface area contributed by atoms with Gasteiger partial charge >= 0.3 is 0 Å². The Balaban J connectivity index is 1.44. The summed E-state index contributed by atoms with van der Waals surface area (Å²) >= 11 is 0. The van der Waals surface area contributed by atoms with Crippen molar-refractivity contribution in [2.24, 2.45) is 0 Å². The molecular formula is C33H38FN3O6S. The molecule has 0 aromatic heterocycles. The van der Waals surface area contributed by atoms with Gasteiger partial charge in [-0.1, -0.05) is 49.6 Å². The number of hydrogen-bond donors (Lipinski definition) is 1. The first-order chi connectivity index (χ1) is 21.2. The molecule has 2 aliphatic rings. The van der Waals surface area contributed by atoms with Crippen LogP contribution >= 0.6 is 0 Å². The van der Waals surface area contributed by atoms with Crippen molar-refractivity contribution >= 4 is 27.5 Å². The Morgan fingerprint density at radius 3 is 2.32 bits per heavy atom. The Morgan fingerprint density at radius 1 is 0.932 bits per heavy atom. The summed E-state index contributed by atoms with van der Waals surface area (Å²) in [5.74, 6) is -0.682. The summed E-state index contributed by atoms with van der Waals surface area (Å²) in [6.45, 7) is 1.88. The molecule has 0 bridgehead atoms. The molecule has 44 heavy (non-hydrogen) atoms. The van der Waals surface area contributed by atoms with Crippen LogP contribution in [-0.2, 0) is 26.0 Å². The average Bonchev–Trinajstić information content (AvgIpc) is 3.04. The van der Waals surface area contributed by atoms with Gasteiger partial charge in [0.1, 0.15) is 31.6 Å². The molecule has 5 rings (SSSR count). The molecular weight excluding hydrogens is 585 g/mol. The molecule has 0 saturated heterocycles. The number of benzene rings is 3. The first-order valence-electron chi connectivity index (χ1n) is 15.0. The van der Waals surface area contributed by atoms with E-state index in [4.69, 9.17) is 9.47 Å². The highest BCUT2D eigenvalue weighted by Gasteiger charge is 2.33. The molecule has 2 amide bonds. The highest BCUT2D eigenvalue weighted by molar-refractivity contribution is 7.92. The summed E-state index contributed by atoms with van der Waals surface area (Å²) in [7, 11) is -4.34. The van der Waals surface area contributed by atoms with E-state index >= 15 is 0 Å². The van der Waals surface area contributed by atoms with Crippen molar-refractivity contribution in [3.05, 3.63) is 84.2 Å². The lowest BCUT2D eigenvalue weighted by atomic mass is 9.95. The van der Waals surface area contributed by atoms with Gasteiger partial charge in [-0.25, -0.2) is 12.8 Å². The molecule has 1 N–H and O–H groups in total. The number of halogens is 1. The van der Waals surface area contributed by atoms with E-state index in [-0.39, 0.29) is 41.4 Å². The lowest BCUT2D eigenvalue weighted by molar-refractivity contribution is -0.139. The van der Waals surface area contributed by atoms with Gasteiger partial charge in [0.2, 0.25) is 11.8 Å². The maximum atomic E-state index is 14.1. The smallest absolute Gasteiger partial charge is 0.264 e. The third-order valence-electron chi connectivity index (χ3n) is 8.10. The topological polar surface area (TPSA) is 105 Å². The minimum atomic E-state index is -4.34. The fraction of sp³-hybridized carbons (Fsp3) is 0.394. The summed E-state index contributed by atoms with van der Waals surface area (Å²) in [6.07, 6.45) is 5.48. The lowest BCUT2D eigenvalue weighted by Gasteiger charge is -2.33. The highest BCUT2D eigenvalue weighted by Crippen LogP contribution is 2.34. The molecule has 0 unspecified atom stereocenters. The summed E-state index contributed by atoms with van der Waals surface area (Å²) in [6, 6.07) is 17.9. The van der Waals surface area contributed by atoms with Gasteiger partial charge < -0.3 is 19.7 Å². The molecule has 1 heterocycles. The van der Waals surface area contributed by atoms with Crippen molar-refractivity contribution in [3.63, 3.8) is 0 Å². The number of nitrogens with one attached hydrogen (secondary N) is 1. The molecule has 234 valence electrons. The van der Waals surface area contributed by atoms with Crippen molar-refractivity contribution in [1.29, 1.82) is 0 Å². The van der Waals surface area contributed by atoms with Crippen LogP contribution in [0.2, 0.25) is 0 Å². The summed E-state index contributed by atoms with van der Waals surface area (Å²) in [4.78, 5) is 28.8. The van der Waals surface area contributed by atoms with Gasteiger partial charge in [-0.2, -0.15) is 0 Å². The first kappa shape index (κ1) is 31.3. The number of carbonyl (C=O) groups is 2. The minimum Gasteiger partial charge on any atom is -0.486 e.